The van der Waals surface area contributed by atoms with Crippen LogP contribution in [0.2, 0.25) is 0 Å². The van der Waals surface area contributed by atoms with Gasteiger partial charge in [0.1, 0.15) is 0 Å². The lowest BCUT2D eigenvalue weighted by Crippen LogP contribution is -2.01. The first-order chi connectivity index (χ1) is 4.22. The molecule has 0 aromatic heterocycles. The van der Waals surface area contributed by atoms with Crippen molar-refractivity contribution in [3.05, 3.63) is 11.8 Å². The lowest BCUT2D eigenvalue weighted by molar-refractivity contribution is -0.136. The molecule has 0 spiro atoms. The highest BCUT2D eigenvalue weighted by Crippen LogP contribution is 1.93. The van der Waals surface area contributed by atoms with Gasteiger partial charge >= 0.3 is 5.97 Å². The standard InChI is InChI=1S/C6H10O3/c1-5(4-8-2)6(7)9-3/h4H,1-3H3. The van der Waals surface area contributed by atoms with Crippen LogP contribution >= 0.6 is 0 Å². The third-order valence-electron chi connectivity index (χ3n) is 0.802. The second-order valence-corrected chi connectivity index (χ2v) is 1.53. The summed E-state index contributed by atoms with van der Waals surface area (Å²) >= 11 is 0. The highest BCUT2D eigenvalue weighted by atomic mass is 16.5. The molecule has 0 aliphatic carbocycles. The van der Waals surface area contributed by atoms with Crippen LogP contribution in [0.3, 0.4) is 0 Å². The van der Waals surface area contributed by atoms with Gasteiger partial charge in [0, 0.05) is 0 Å². The predicted octanol–water partition coefficient (Wildman–Crippen LogP) is 0.710. The van der Waals surface area contributed by atoms with Gasteiger partial charge in [0.05, 0.1) is 26.1 Å². The molecule has 0 amide bonds. The molecule has 3 heteroatoms. The summed E-state index contributed by atoms with van der Waals surface area (Å²) in [6.07, 6.45) is 1.34. The number of hydrogen-bond acceptors (Lipinski definition) is 3. The Labute approximate surface area is 54.3 Å². The molecular weight excluding hydrogens is 120 g/mol. The first-order valence-corrected chi connectivity index (χ1v) is 2.50. The third kappa shape index (κ3) is 2.74. The van der Waals surface area contributed by atoms with E-state index in [1.807, 2.05) is 0 Å². The Morgan fingerprint density at radius 2 is 2.00 bits per heavy atom. The van der Waals surface area contributed by atoms with Crippen LogP contribution in [0, 0.1) is 0 Å². The van der Waals surface area contributed by atoms with E-state index in [-0.39, 0.29) is 5.97 Å². The number of carbonyl (C=O) groups excluding carboxylic acids is 1. The van der Waals surface area contributed by atoms with Gasteiger partial charge in [-0.25, -0.2) is 4.79 Å². The molecule has 0 rings (SSSR count). The molecule has 0 bridgehead atoms. The Kier molecular flexibility index (Phi) is 3.51. The summed E-state index contributed by atoms with van der Waals surface area (Å²) in [6, 6.07) is 0. The summed E-state index contributed by atoms with van der Waals surface area (Å²) in [6.45, 7) is 1.62. The summed E-state index contributed by atoms with van der Waals surface area (Å²) in [4.78, 5) is 10.5. The van der Waals surface area contributed by atoms with E-state index >= 15 is 0 Å². The van der Waals surface area contributed by atoms with Crippen molar-refractivity contribution >= 4 is 5.97 Å². The largest absolute Gasteiger partial charge is 0.504 e. The fourth-order valence-corrected chi connectivity index (χ4v) is 0.386. The van der Waals surface area contributed by atoms with E-state index < -0.39 is 0 Å². The molecule has 0 aromatic rings. The van der Waals surface area contributed by atoms with Gasteiger partial charge in [0.2, 0.25) is 0 Å². The molecule has 0 aliphatic rings. The zero-order valence-electron chi connectivity index (χ0n) is 5.80. The Bertz CT molecular complexity index is 126. The molecule has 9 heavy (non-hydrogen) atoms. The summed E-state index contributed by atoms with van der Waals surface area (Å²) < 4.78 is 8.94. The zero-order chi connectivity index (χ0) is 7.28. The van der Waals surface area contributed by atoms with E-state index in [1.54, 1.807) is 6.92 Å². The molecule has 0 aromatic carbocycles. The average molecular weight is 130 g/mol. The summed E-state index contributed by atoms with van der Waals surface area (Å²) in [5.74, 6) is -0.364. The van der Waals surface area contributed by atoms with E-state index in [0.29, 0.717) is 5.57 Å². The molecule has 0 N–H and O–H groups in total. The zero-order valence-corrected chi connectivity index (χ0v) is 5.80. The lowest BCUT2D eigenvalue weighted by atomic mass is 10.3. The van der Waals surface area contributed by atoms with E-state index in [1.165, 1.54) is 20.5 Å². The van der Waals surface area contributed by atoms with E-state index in [2.05, 4.69) is 9.47 Å². The topological polar surface area (TPSA) is 35.5 Å². The van der Waals surface area contributed by atoms with E-state index in [9.17, 15) is 4.79 Å². The first-order valence-electron chi connectivity index (χ1n) is 2.50. The second kappa shape index (κ2) is 3.95. The number of methoxy groups -OCH3 is 2. The maximum atomic E-state index is 10.5. The van der Waals surface area contributed by atoms with Crippen LogP contribution in [0.25, 0.3) is 0 Å². The van der Waals surface area contributed by atoms with Crippen molar-refractivity contribution in [3.8, 4) is 0 Å². The quantitative estimate of drug-likeness (QED) is 0.314. The normalized spacial score (nSPS) is 10.8. The monoisotopic (exact) mass is 130 g/mol. The number of hydrogen-bond donors (Lipinski definition) is 0. The number of carbonyl (C=O) groups is 1. The van der Waals surface area contributed by atoms with Gasteiger partial charge < -0.3 is 9.47 Å². The molecule has 0 saturated carbocycles. The van der Waals surface area contributed by atoms with Crippen molar-refractivity contribution in [2.75, 3.05) is 14.2 Å². The van der Waals surface area contributed by atoms with Crippen LogP contribution in [0.1, 0.15) is 6.92 Å². The molecule has 0 aliphatic heterocycles. The van der Waals surface area contributed by atoms with Gasteiger partial charge in [-0.2, -0.15) is 0 Å². The van der Waals surface area contributed by atoms with E-state index in [0.717, 1.165) is 0 Å². The van der Waals surface area contributed by atoms with Crippen molar-refractivity contribution in [1.29, 1.82) is 0 Å². The minimum absolute atomic E-state index is 0.364. The van der Waals surface area contributed by atoms with Crippen LogP contribution in [-0.4, -0.2) is 20.2 Å². The maximum absolute atomic E-state index is 10.5. The van der Waals surface area contributed by atoms with Crippen molar-refractivity contribution in [3.63, 3.8) is 0 Å². The fraction of sp³-hybridized carbons (Fsp3) is 0.500. The molecule has 0 fully saturated rings. The Balaban J connectivity index is 3.86. The lowest BCUT2D eigenvalue weighted by Gasteiger charge is -1.95. The van der Waals surface area contributed by atoms with Crippen molar-refractivity contribution in [2.24, 2.45) is 0 Å². The van der Waals surface area contributed by atoms with Gasteiger partial charge in [-0.15, -0.1) is 0 Å². The fourth-order valence-electron chi connectivity index (χ4n) is 0.386. The van der Waals surface area contributed by atoms with Crippen molar-refractivity contribution in [1.82, 2.24) is 0 Å². The minimum Gasteiger partial charge on any atom is -0.504 e. The Morgan fingerprint density at radius 3 is 2.33 bits per heavy atom. The molecule has 52 valence electrons. The summed E-state index contributed by atoms with van der Waals surface area (Å²) in [5.41, 5.74) is 0.458. The molecule has 3 nitrogen and oxygen atoms in total. The Hall–Kier alpha value is -0.990. The predicted molar refractivity (Wildman–Crippen MR) is 32.8 cm³/mol. The van der Waals surface area contributed by atoms with Gasteiger partial charge in [0.25, 0.3) is 0 Å². The van der Waals surface area contributed by atoms with Crippen LogP contribution in [-0.2, 0) is 14.3 Å². The second-order valence-electron chi connectivity index (χ2n) is 1.53. The number of ether oxygens (including phenoxy) is 2. The van der Waals surface area contributed by atoms with Crippen molar-refractivity contribution in [2.45, 2.75) is 6.92 Å². The molecule has 0 atom stereocenters. The average Bonchev–Trinajstić information content (AvgIpc) is 1.87. The van der Waals surface area contributed by atoms with Gasteiger partial charge in [-0.3, -0.25) is 0 Å². The number of esters is 1. The molecule has 0 heterocycles. The molecule has 0 unspecified atom stereocenters. The highest BCUT2D eigenvalue weighted by molar-refractivity contribution is 5.87. The molecule has 0 saturated heterocycles. The molecule has 0 radical (unpaired) electrons. The third-order valence-corrected chi connectivity index (χ3v) is 0.802. The number of rotatable bonds is 2. The van der Waals surface area contributed by atoms with Crippen molar-refractivity contribution < 1.29 is 14.3 Å². The highest BCUT2D eigenvalue weighted by Gasteiger charge is 2.00. The summed E-state index contributed by atoms with van der Waals surface area (Å²) in [7, 11) is 2.81. The van der Waals surface area contributed by atoms with Crippen LogP contribution in [0.4, 0.5) is 0 Å². The SMILES string of the molecule is COC=C(C)C(=O)OC. The van der Waals surface area contributed by atoms with Crippen LogP contribution in [0.5, 0.6) is 0 Å². The summed E-state index contributed by atoms with van der Waals surface area (Å²) in [5, 5.41) is 0. The van der Waals surface area contributed by atoms with Gasteiger partial charge in [-0.1, -0.05) is 0 Å². The van der Waals surface area contributed by atoms with Gasteiger partial charge in [-0.05, 0) is 6.92 Å². The van der Waals surface area contributed by atoms with Crippen LogP contribution in [0.15, 0.2) is 11.8 Å². The maximum Gasteiger partial charge on any atom is 0.336 e. The van der Waals surface area contributed by atoms with E-state index in [4.69, 9.17) is 0 Å². The van der Waals surface area contributed by atoms with Crippen LogP contribution < -0.4 is 0 Å². The van der Waals surface area contributed by atoms with Gasteiger partial charge in [0.15, 0.2) is 0 Å². The minimum atomic E-state index is -0.364. The molecular formula is C6H10O3. The first kappa shape index (κ1) is 8.01. The smallest absolute Gasteiger partial charge is 0.336 e. The Morgan fingerprint density at radius 1 is 1.44 bits per heavy atom.